The second-order valence-corrected chi connectivity index (χ2v) is 6.03. The van der Waals surface area contributed by atoms with Crippen LogP contribution in [0.25, 0.3) is 0 Å². The summed E-state index contributed by atoms with van der Waals surface area (Å²) >= 11 is 0. The Bertz CT molecular complexity index is 512. The molecule has 5 heteroatoms. The first-order valence-corrected chi connectivity index (χ1v) is 8.10. The van der Waals surface area contributed by atoms with Gasteiger partial charge >= 0.3 is 0 Å². The van der Waals surface area contributed by atoms with Gasteiger partial charge in [-0.15, -0.1) is 0 Å². The highest BCUT2D eigenvalue weighted by Crippen LogP contribution is 2.31. The van der Waals surface area contributed by atoms with E-state index in [2.05, 4.69) is 5.32 Å². The first-order valence-electron chi connectivity index (χ1n) is 8.10. The van der Waals surface area contributed by atoms with Gasteiger partial charge in [-0.05, 0) is 50.9 Å². The molecule has 1 amide bonds. The van der Waals surface area contributed by atoms with Crippen molar-refractivity contribution >= 4 is 5.91 Å². The second kappa shape index (κ2) is 7.01. The van der Waals surface area contributed by atoms with Crippen LogP contribution in [0.2, 0.25) is 0 Å². The number of fused-ring (bicyclic) bond motifs is 1. The molecule has 0 saturated carbocycles. The minimum absolute atomic E-state index is 0.0570. The minimum Gasteiger partial charge on any atom is -0.485 e. The smallest absolute Gasteiger partial charge is 0.267 e. The molecule has 0 bridgehead atoms. The molecule has 0 spiro atoms. The fraction of sp³-hybridized carbons (Fsp3) is 0.588. The molecule has 0 aliphatic carbocycles. The molecule has 1 unspecified atom stereocenters. The maximum Gasteiger partial charge on any atom is 0.267 e. The first-order chi connectivity index (χ1) is 10.8. The summed E-state index contributed by atoms with van der Waals surface area (Å²) in [6.45, 7) is 3.01. The van der Waals surface area contributed by atoms with Crippen LogP contribution in [0.4, 0.5) is 0 Å². The second-order valence-electron chi connectivity index (χ2n) is 6.03. The van der Waals surface area contributed by atoms with Gasteiger partial charge in [-0.1, -0.05) is 12.1 Å². The van der Waals surface area contributed by atoms with E-state index < -0.39 is 6.10 Å². The lowest BCUT2D eigenvalue weighted by Crippen LogP contribution is -2.49. The quantitative estimate of drug-likeness (QED) is 0.919. The van der Waals surface area contributed by atoms with Crippen molar-refractivity contribution in [3.05, 3.63) is 24.3 Å². The van der Waals surface area contributed by atoms with Gasteiger partial charge in [0.1, 0.15) is 6.61 Å². The van der Waals surface area contributed by atoms with Gasteiger partial charge in [0, 0.05) is 13.1 Å². The average molecular weight is 304 g/mol. The van der Waals surface area contributed by atoms with Crippen LogP contribution in [0.5, 0.6) is 11.5 Å². The summed E-state index contributed by atoms with van der Waals surface area (Å²) in [7, 11) is 1.98. The highest BCUT2D eigenvalue weighted by molar-refractivity contribution is 5.82. The largest absolute Gasteiger partial charge is 0.485 e. The van der Waals surface area contributed by atoms with Crippen LogP contribution in [-0.4, -0.2) is 50.2 Å². The van der Waals surface area contributed by atoms with Crippen LogP contribution in [0.1, 0.15) is 19.3 Å². The summed E-state index contributed by atoms with van der Waals surface area (Å²) in [6, 6.07) is 7.50. The molecular weight excluding hydrogens is 280 g/mol. The number of benzene rings is 1. The molecule has 1 saturated heterocycles. The molecule has 2 aliphatic rings. The Morgan fingerprint density at radius 3 is 2.73 bits per heavy atom. The Morgan fingerprint density at radius 2 is 2.00 bits per heavy atom. The van der Waals surface area contributed by atoms with E-state index in [1.807, 2.05) is 36.2 Å². The van der Waals surface area contributed by atoms with Crippen molar-refractivity contribution in [1.82, 2.24) is 10.2 Å². The number of likely N-dealkylation sites (tertiary alicyclic amines) is 1. The van der Waals surface area contributed by atoms with E-state index in [1.54, 1.807) is 0 Å². The molecule has 22 heavy (non-hydrogen) atoms. The molecule has 3 rings (SSSR count). The van der Waals surface area contributed by atoms with E-state index in [9.17, 15) is 4.79 Å². The first kappa shape index (κ1) is 15.2. The van der Waals surface area contributed by atoms with E-state index in [4.69, 9.17) is 9.47 Å². The molecule has 1 aromatic carbocycles. The van der Waals surface area contributed by atoms with Gasteiger partial charge in [0.05, 0.1) is 0 Å². The van der Waals surface area contributed by atoms with E-state index in [0.717, 1.165) is 44.1 Å². The molecule has 0 radical (unpaired) electrons. The summed E-state index contributed by atoms with van der Waals surface area (Å²) in [5, 5.41) is 3.19. The SMILES string of the molecule is CNCCC1CCN(C(=O)C2COc3ccccc3O2)CC1. The third-order valence-electron chi connectivity index (χ3n) is 4.51. The number of rotatable bonds is 4. The summed E-state index contributed by atoms with van der Waals surface area (Å²) in [6.07, 6.45) is 2.84. The van der Waals surface area contributed by atoms with Gasteiger partial charge in [0.25, 0.3) is 5.91 Å². The number of nitrogens with one attached hydrogen (secondary N) is 1. The van der Waals surface area contributed by atoms with Gasteiger partial charge < -0.3 is 19.7 Å². The monoisotopic (exact) mass is 304 g/mol. The fourth-order valence-electron chi connectivity index (χ4n) is 3.14. The molecule has 2 aliphatic heterocycles. The summed E-state index contributed by atoms with van der Waals surface area (Å²) < 4.78 is 11.5. The number of carbonyl (C=O) groups is 1. The molecule has 1 fully saturated rings. The summed E-state index contributed by atoms with van der Waals surface area (Å²) in [4.78, 5) is 14.5. The van der Waals surface area contributed by atoms with Crippen LogP contribution in [0.15, 0.2) is 24.3 Å². The number of carbonyl (C=O) groups excluding carboxylic acids is 1. The molecule has 1 aromatic rings. The van der Waals surface area contributed by atoms with E-state index >= 15 is 0 Å². The molecule has 0 aromatic heterocycles. The highest BCUT2D eigenvalue weighted by atomic mass is 16.6. The maximum atomic E-state index is 12.6. The summed E-state index contributed by atoms with van der Waals surface area (Å²) in [5.74, 6) is 2.16. The van der Waals surface area contributed by atoms with Crippen molar-refractivity contribution in [3.63, 3.8) is 0 Å². The van der Waals surface area contributed by atoms with E-state index in [0.29, 0.717) is 12.4 Å². The Morgan fingerprint density at radius 1 is 1.27 bits per heavy atom. The van der Waals surface area contributed by atoms with Crippen LogP contribution >= 0.6 is 0 Å². The van der Waals surface area contributed by atoms with Crippen LogP contribution < -0.4 is 14.8 Å². The van der Waals surface area contributed by atoms with Crippen LogP contribution in [0, 0.1) is 5.92 Å². The number of hydrogen-bond donors (Lipinski definition) is 1. The predicted molar refractivity (Wildman–Crippen MR) is 84.2 cm³/mol. The third-order valence-corrected chi connectivity index (χ3v) is 4.51. The standard InChI is InChI=1S/C17H24N2O3/c1-18-9-6-13-7-10-19(11-8-13)17(20)16-12-21-14-4-2-3-5-15(14)22-16/h2-5,13,16,18H,6-12H2,1H3. The molecule has 2 heterocycles. The number of nitrogens with zero attached hydrogens (tertiary/aromatic N) is 1. The zero-order valence-electron chi connectivity index (χ0n) is 13.1. The number of para-hydroxylation sites is 2. The molecule has 1 atom stereocenters. The van der Waals surface area contributed by atoms with Crippen molar-refractivity contribution in [2.75, 3.05) is 33.3 Å². The number of piperidine rings is 1. The molecule has 120 valence electrons. The van der Waals surface area contributed by atoms with Gasteiger partial charge in [0.2, 0.25) is 6.10 Å². The topological polar surface area (TPSA) is 50.8 Å². The van der Waals surface area contributed by atoms with Crippen molar-refractivity contribution < 1.29 is 14.3 Å². The van der Waals surface area contributed by atoms with Crippen LogP contribution in [0.3, 0.4) is 0 Å². The Kier molecular flexibility index (Phi) is 4.83. The van der Waals surface area contributed by atoms with Crippen molar-refractivity contribution in [1.29, 1.82) is 0 Å². The lowest BCUT2D eigenvalue weighted by Gasteiger charge is -2.35. The van der Waals surface area contributed by atoms with Gasteiger partial charge in [-0.25, -0.2) is 0 Å². The Labute approximate surface area is 131 Å². The number of amides is 1. The van der Waals surface area contributed by atoms with Gasteiger partial charge in [0.15, 0.2) is 11.5 Å². The van der Waals surface area contributed by atoms with E-state index in [-0.39, 0.29) is 5.91 Å². The minimum atomic E-state index is -0.510. The van der Waals surface area contributed by atoms with Crippen LogP contribution in [-0.2, 0) is 4.79 Å². The number of hydrogen-bond acceptors (Lipinski definition) is 4. The van der Waals surface area contributed by atoms with Gasteiger partial charge in [-0.2, -0.15) is 0 Å². The van der Waals surface area contributed by atoms with Crippen molar-refractivity contribution in [2.24, 2.45) is 5.92 Å². The lowest BCUT2D eigenvalue weighted by atomic mass is 9.93. The lowest BCUT2D eigenvalue weighted by molar-refractivity contribution is -0.142. The molecular formula is C17H24N2O3. The van der Waals surface area contributed by atoms with Crippen molar-refractivity contribution in [3.8, 4) is 11.5 Å². The Balaban J connectivity index is 1.53. The zero-order chi connectivity index (χ0) is 15.4. The zero-order valence-corrected chi connectivity index (χ0v) is 13.1. The average Bonchev–Trinajstić information content (AvgIpc) is 2.59. The maximum absolute atomic E-state index is 12.6. The highest BCUT2D eigenvalue weighted by Gasteiger charge is 2.32. The summed E-state index contributed by atoms with van der Waals surface area (Å²) in [5.41, 5.74) is 0. The number of ether oxygens (including phenoxy) is 2. The Hall–Kier alpha value is -1.75. The fourth-order valence-corrected chi connectivity index (χ4v) is 3.14. The van der Waals surface area contributed by atoms with Crippen molar-refractivity contribution in [2.45, 2.75) is 25.4 Å². The normalized spacial score (nSPS) is 21.7. The third kappa shape index (κ3) is 3.35. The molecule has 1 N–H and O–H groups in total. The predicted octanol–water partition coefficient (Wildman–Crippen LogP) is 1.67. The van der Waals surface area contributed by atoms with E-state index in [1.165, 1.54) is 6.42 Å². The van der Waals surface area contributed by atoms with Gasteiger partial charge in [-0.3, -0.25) is 4.79 Å². The molecule has 5 nitrogen and oxygen atoms in total.